The smallest absolute Gasteiger partial charge is 0.269 e. The molecule has 1 N–H and O–H groups in total. The minimum atomic E-state index is -0.430. The van der Waals surface area contributed by atoms with E-state index < -0.39 is 4.92 Å². The van der Waals surface area contributed by atoms with Gasteiger partial charge in [0.05, 0.1) is 23.8 Å². The quantitative estimate of drug-likeness (QED) is 0.368. The lowest BCUT2D eigenvalue weighted by atomic mass is 10.0. The van der Waals surface area contributed by atoms with Crippen LogP contribution in [0.25, 0.3) is 0 Å². The molecule has 1 fully saturated rings. The molecule has 160 valence electrons. The predicted molar refractivity (Wildman–Crippen MR) is 118 cm³/mol. The molecule has 0 bridgehead atoms. The highest BCUT2D eigenvalue weighted by Crippen LogP contribution is 2.26. The third-order valence-corrected chi connectivity index (χ3v) is 6.25. The Morgan fingerprint density at radius 3 is 2.40 bits per heavy atom. The van der Waals surface area contributed by atoms with Crippen LogP contribution < -0.4 is 10.1 Å². The SMILES string of the molecule is COc1ccc([C@@H](CNC(=O)CSc2ccc([N+](=O)[O-])cc2)N2CCCCC2)cc1. The van der Waals surface area contributed by atoms with Crippen LogP contribution in [0.3, 0.4) is 0 Å². The minimum Gasteiger partial charge on any atom is -0.497 e. The van der Waals surface area contributed by atoms with Gasteiger partial charge in [-0.15, -0.1) is 11.8 Å². The molecule has 1 aliphatic heterocycles. The summed E-state index contributed by atoms with van der Waals surface area (Å²) in [5, 5.41) is 13.8. The van der Waals surface area contributed by atoms with Crippen molar-refractivity contribution in [2.45, 2.75) is 30.2 Å². The van der Waals surface area contributed by atoms with Crippen molar-refractivity contribution in [2.24, 2.45) is 0 Å². The molecule has 1 saturated heterocycles. The summed E-state index contributed by atoms with van der Waals surface area (Å²) in [6.07, 6.45) is 3.61. The first-order valence-electron chi connectivity index (χ1n) is 10.1. The second-order valence-electron chi connectivity index (χ2n) is 7.23. The lowest BCUT2D eigenvalue weighted by molar-refractivity contribution is -0.384. The molecule has 1 heterocycles. The van der Waals surface area contributed by atoms with Crippen molar-refractivity contribution in [3.63, 3.8) is 0 Å². The number of carbonyl (C=O) groups is 1. The zero-order valence-corrected chi connectivity index (χ0v) is 17.9. The number of hydrogen-bond acceptors (Lipinski definition) is 6. The first kappa shape index (κ1) is 22.1. The molecule has 3 rings (SSSR count). The van der Waals surface area contributed by atoms with Gasteiger partial charge in [0.15, 0.2) is 0 Å². The standard InChI is InChI=1S/C22H27N3O4S/c1-29-19-9-5-17(6-10-19)21(24-13-3-2-4-14-24)15-23-22(26)16-30-20-11-7-18(8-12-20)25(27)28/h5-12,21H,2-4,13-16H2,1H3,(H,23,26)/t21-/m1/s1. The largest absolute Gasteiger partial charge is 0.497 e. The van der Waals surface area contributed by atoms with Crippen LogP contribution in [0.4, 0.5) is 5.69 Å². The average Bonchev–Trinajstić information content (AvgIpc) is 2.79. The van der Waals surface area contributed by atoms with E-state index in [1.54, 1.807) is 19.2 Å². The van der Waals surface area contributed by atoms with Gasteiger partial charge in [0.25, 0.3) is 5.69 Å². The normalized spacial score (nSPS) is 15.4. The Morgan fingerprint density at radius 1 is 1.13 bits per heavy atom. The molecule has 30 heavy (non-hydrogen) atoms. The van der Waals surface area contributed by atoms with Crippen LogP contribution in [-0.2, 0) is 4.79 Å². The number of non-ortho nitro benzene ring substituents is 1. The van der Waals surface area contributed by atoms with E-state index in [0.29, 0.717) is 6.54 Å². The molecule has 1 atom stereocenters. The van der Waals surface area contributed by atoms with Crippen LogP contribution in [0, 0.1) is 10.1 Å². The van der Waals surface area contributed by atoms with E-state index in [-0.39, 0.29) is 23.4 Å². The zero-order valence-electron chi connectivity index (χ0n) is 17.1. The first-order valence-corrected chi connectivity index (χ1v) is 11.1. The number of hydrogen-bond donors (Lipinski definition) is 1. The molecule has 0 aromatic heterocycles. The maximum absolute atomic E-state index is 12.4. The summed E-state index contributed by atoms with van der Waals surface area (Å²) in [6, 6.07) is 14.4. The van der Waals surface area contributed by atoms with Crippen molar-refractivity contribution in [3.05, 3.63) is 64.2 Å². The molecule has 2 aromatic carbocycles. The van der Waals surface area contributed by atoms with Crippen molar-refractivity contribution < 1.29 is 14.5 Å². The summed E-state index contributed by atoms with van der Waals surface area (Å²) < 4.78 is 5.26. The number of likely N-dealkylation sites (tertiary alicyclic amines) is 1. The number of nitro groups is 1. The van der Waals surface area contributed by atoms with Crippen LogP contribution in [0.15, 0.2) is 53.4 Å². The van der Waals surface area contributed by atoms with Gasteiger partial charge in [0.1, 0.15) is 5.75 Å². The predicted octanol–water partition coefficient (Wildman–Crippen LogP) is 4.04. The Balaban J connectivity index is 1.57. The molecule has 1 aliphatic rings. The van der Waals surface area contributed by atoms with E-state index in [4.69, 9.17) is 4.74 Å². The fraction of sp³-hybridized carbons (Fsp3) is 0.409. The molecule has 0 spiro atoms. The van der Waals surface area contributed by atoms with Crippen LogP contribution in [-0.4, -0.2) is 48.2 Å². The summed E-state index contributed by atoms with van der Waals surface area (Å²) in [7, 11) is 1.65. The molecule has 0 saturated carbocycles. The van der Waals surface area contributed by atoms with Crippen molar-refractivity contribution in [1.82, 2.24) is 10.2 Å². The Hall–Kier alpha value is -2.58. The van der Waals surface area contributed by atoms with Crippen molar-refractivity contribution >= 4 is 23.4 Å². The van der Waals surface area contributed by atoms with Gasteiger partial charge in [-0.2, -0.15) is 0 Å². The third kappa shape index (κ3) is 6.21. The molecule has 0 aliphatic carbocycles. The number of nitro benzene ring substituents is 1. The van der Waals surface area contributed by atoms with Gasteiger partial charge in [0.2, 0.25) is 5.91 Å². The van der Waals surface area contributed by atoms with Crippen molar-refractivity contribution in [3.8, 4) is 5.75 Å². The van der Waals surface area contributed by atoms with Crippen LogP contribution in [0.1, 0.15) is 30.9 Å². The number of nitrogens with one attached hydrogen (secondary N) is 1. The highest BCUT2D eigenvalue weighted by Gasteiger charge is 2.23. The second-order valence-corrected chi connectivity index (χ2v) is 8.28. The van der Waals surface area contributed by atoms with Gasteiger partial charge < -0.3 is 10.1 Å². The average molecular weight is 430 g/mol. The maximum atomic E-state index is 12.4. The Labute approximate surface area is 180 Å². The third-order valence-electron chi connectivity index (χ3n) is 5.24. The van der Waals surface area contributed by atoms with E-state index in [0.717, 1.165) is 23.7 Å². The number of rotatable bonds is 9. The molecule has 1 amide bonds. The molecular formula is C22H27N3O4S. The minimum absolute atomic E-state index is 0.0473. The van der Waals surface area contributed by atoms with Crippen LogP contribution in [0.5, 0.6) is 5.75 Å². The summed E-state index contributed by atoms with van der Waals surface area (Å²) >= 11 is 1.37. The van der Waals surface area contributed by atoms with Crippen molar-refractivity contribution in [1.29, 1.82) is 0 Å². The summed E-state index contributed by atoms with van der Waals surface area (Å²) in [4.78, 5) is 26.0. The molecular weight excluding hydrogens is 402 g/mol. The lowest BCUT2D eigenvalue weighted by Crippen LogP contribution is -2.41. The van der Waals surface area contributed by atoms with Crippen LogP contribution >= 0.6 is 11.8 Å². The zero-order chi connectivity index (χ0) is 21.3. The van der Waals surface area contributed by atoms with Gasteiger partial charge in [-0.25, -0.2) is 0 Å². The number of nitrogens with zero attached hydrogens (tertiary/aromatic N) is 2. The Bertz CT molecular complexity index is 836. The van der Waals surface area contributed by atoms with E-state index in [2.05, 4.69) is 22.3 Å². The monoisotopic (exact) mass is 429 g/mol. The fourth-order valence-electron chi connectivity index (χ4n) is 3.59. The number of piperidine rings is 1. The molecule has 8 heteroatoms. The van der Waals surface area contributed by atoms with Gasteiger partial charge >= 0.3 is 0 Å². The van der Waals surface area contributed by atoms with E-state index in [9.17, 15) is 14.9 Å². The van der Waals surface area contributed by atoms with Gasteiger partial charge in [-0.1, -0.05) is 18.6 Å². The van der Waals surface area contributed by atoms with E-state index >= 15 is 0 Å². The number of ether oxygens (including phenoxy) is 1. The number of methoxy groups -OCH3 is 1. The summed E-state index contributed by atoms with van der Waals surface area (Å²) in [5.41, 5.74) is 1.22. The highest BCUT2D eigenvalue weighted by molar-refractivity contribution is 8.00. The highest BCUT2D eigenvalue weighted by atomic mass is 32.2. The topological polar surface area (TPSA) is 84.7 Å². The van der Waals surface area contributed by atoms with Crippen LogP contribution in [0.2, 0.25) is 0 Å². The molecule has 2 aromatic rings. The Kier molecular flexibility index (Phi) is 8.10. The fourth-order valence-corrected chi connectivity index (χ4v) is 4.32. The first-order chi connectivity index (χ1) is 14.6. The van der Waals surface area contributed by atoms with E-state index in [1.807, 2.05) is 12.1 Å². The van der Waals surface area contributed by atoms with Gasteiger partial charge in [-0.3, -0.25) is 19.8 Å². The number of carbonyl (C=O) groups excluding carboxylic acids is 1. The number of thioether (sulfide) groups is 1. The van der Waals surface area contributed by atoms with E-state index in [1.165, 1.54) is 48.7 Å². The molecule has 0 radical (unpaired) electrons. The maximum Gasteiger partial charge on any atom is 0.269 e. The number of benzene rings is 2. The molecule has 7 nitrogen and oxygen atoms in total. The van der Waals surface area contributed by atoms with Gasteiger partial charge in [0, 0.05) is 23.6 Å². The second kappa shape index (κ2) is 11.0. The van der Waals surface area contributed by atoms with Gasteiger partial charge in [-0.05, 0) is 55.8 Å². The van der Waals surface area contributed by atoms with Crippen molar-refractivity contribution in [2.75, 3.05) is 32.5 Å². The summed E-state index contributed by atoms with van der Waals surface area (Å²) in [6.45, 7) is 2.61. The lowest BCUT2D eigenvalue weighted by Gasteiger charge is -2.35. The summed E-state index contributed by atoms with van der Waals surface area (Å²) in [5.74, 6) is 1.04. The Morgan fingerprint density at radius 2 is 1.80 bits per heavy atom. The number of amides is 1. The molecule has 0 unspecified atom stereocenters.